The summed E-state index contributed by atoms with van der Waals surface area (Å²) in [4.78, 5) is 1.30. The van der Waals surface area contributed by atoms with Crippen molar-refractivity contribution in [1.82, 2.24) is 0 Å². The fourth-order valence-corrected chi connectivity index (χ4v) is 4.56. The molecule has 1 aromatic rings. The fourth-order valence-electron chi connectivity index (χ4n) is 3.60. The molecule has 0 aromatic heterocycles. The number of hydrogen-bond acceptors (Lipinski definition) is 1. The van der Waals surface area contributed by atoms with Crippen LogP contribution < -0.4 is 0 Å². The molecule has 0 atom stereocenters. The minimum Gasteiger partial charge on any atom is -0.290 e. The standard InChI is InChI=1S/C21H33OS/c1-2-3-4-5-6-7-11-16-23-19-14-15-21(22)20(17-19)18-12-9-8-10-13-18/h14-15,17-18H,2-13,16H2,1H3. The van der Waals surface area contributed by atoms with Crippen LogP contribution in [0.15, 0.2) is 23.1 Å². The van der Waals surface area contributed by atoms with E-state index in [-0.39, 0.29) is 5.75 Å². The zero-order valence-electron chi connectivity index (χ0n) is 14.8. The summed E-state index contributed by atoms with van der Waals surface area (Å²) in [7, 11) is 0. The third kappa shape index (κ3) is 6.79. The molecule has 129 valence electrons. The monoisotopic (exact) mass is 333 g/mol. The van der Waals surface area contributed by atoms with Gasteiger partial charge in [0.1, 0.15) is 0 Å². The first kappa shape index (κ1) is 18.7. The maximum Gasteiger partial charge on any atom is 0.182 e. The molecular weight excluding hydrogens is 300 g/mol. The van der Waals surface area contributed by atoms with E-state index in [1.165, 1.54) is 87.7 Å². The lowest BCUT2D eigenvalue weighted by molar-refractivity contribution is 0.337. The van der Waals surface area contributed by atoms with E-state index < -0.39 is 0 Å². The SMILES string of the molecule is CCCCCCCCCSc1ccc([O])c(C2CCCCC2)c1. The minimum absolute atomic E-state index is 0.261. The normalized spacial score (nSPS) is 15.9. The average molecular weight is 334 g/mol. The molecular formula is C21H33OS. The smallest absolute Gasteiger partial charge is 0.182 e. The van der Waals surface area contributed by atoms with Gasteiger partial charge in [-0.05, 0) is 49.1 Å². The van der Waals surface area contributed by atoms with Crippen molar-refractivity contribution in [2.75, 3.05) is 5.75 Å². The number of thioether (sulfide) groups is 1. The summed E-state index contributed by atoms with van der Waals surface area (Å²) in [6, 6.07) is 6.03. The molecule has 0 spiro atoms. The first-order valence-electron chi connectivity index (χ1n) is 9.75. The van der Waals surface area contributed by atoms with Crippen LogP contribution in [0.3, 0.4) is 0 Å². The highest BCUT2D eigenvalue weighted by molar-refractivity contribution is 7.99. The molecule has 1 radical (unpaired) electrons. The maximum atomic E-state index is 12.2. The lowest BCUT2D eigenvalue weighted by Gasteiger charge is -2.22. The topological polar surface area (TPSA) is 19.9 Å². The predicted molar refractivity (Wildman–Crippen MR) is 101 cm³/mol. The molecule has 1 fully saturated rings. The number of benzene rings is 1. The molecule has 1 saturated carbocycles. The van der Waals surface area contributed by atoms with E-state index in [1.54, 1.807) is 6.07 Å². The zero-order valence-corrected chi connectivity index (χ0v) is 15.6. The van der Waals surface area contributed by atoms with Crippen molar-refractivity contribution < 1.29 is 5.11 Å². The van der Waals surface area contributed by atoms with Crippen LogP contribution in [0.25, 0.3) is 0 Å². The first-order valence-corrected chi connectivity index (χ1v) is 10.7. The summed E-state index contributed by atoms with van der Waals surface area (Å²) < 4.78 is 0. The number of rotatable bonds is 10. The highest BCUT2D eigenvalue weighted by Gasteiger charge is 2.19. The zero-order chi connectivity index (χ0) is 16.3. The predicted octanol–water partition coefficient (Wildman–Crippen LogP) is 7.72. The molecule has 2 heteroatoms. The molecule has 0 unspecified atom stereocenters. The van der Waals surface area contributed by atoms with Gasteiger partial charge in [-0.1, -0.05) is 64.7 Å². The van der Waals surface area contributed by atoms with Crippen LogP contribution in [0.2, 0.25) is 0 Å². The maximum absolute atomic E-state index is 12.2. The van der Waals surface area contributed by atoms with Gasteiger partial charge < -0.3 is 0 Å². The summed E-state index contributed by atoms with van der Waals surface area (Å²) in [6.45, 7) is 2.27. The Morgan fingerprint density at radius 2 is 1.65 bits per heavy atom. The van der Waals surface area contributed by atoms with Crippen molar-refractivity contribution in [1.29, 1.82) is 0 Å². The molecule has 1 aliphatic carbocycles. The quantitative estimate of drug-likeness (QED) is 0.317. The molecule has 0 amide bonds. The highest BCUT2D eigenvalue weighted by atomic mass is 32.2. The number of hydrogen-bond donors (Lipinski definition) is 0. The Morgan fingerprint density at radius 1 is 0.957 bits per heavy atom. The lowest BCUT2D eigenvalue weighted by atomic mass is 9.84. The molecule has 0 heterocycles. The second-order valence-corrected chi connectivity index (χ2v) is 8.17. The Labute approximate surface area is 147 Å². The van der Waals surface area contributed by atoms with Gasteiger partial charge in [-0.2, -0.15) is 0 Å². The van der Waals surface area contributed by atoms with Gasteiger partial charge in [-0.25, -0.2) is 0 Å². The van der Waals surface area contributed by atoms with Gasteiger partial charge in [0, 0.05) is 10.5 Å². The Hall–Kier alpha value is -0.630. The molecule has 1 aromatic carbocycles. The van der Waals surface area contributed by atoms with E-state index >= 15 is 0 Å². The van der Waals surface area contributed by atoms with Crippen LogP contribution in [-0.4, -0.2) is 5.75 Å². The Bertz CT molecular complexity index is 437. The van der Waals surface area contributed by atoms with E-state index in [2.05, 4.69) is 13.0 Å². The van der Waals surface area contributed by atoms with Crippen LogP contribution in [0.4, 0.5) is 0 Å². The van der Waals surface area contributed by atoms with Crippen molar-refractivity contribution in [2.24, 2.45) is 0 Å². The van der Waals surface area contributed by atoms with Crippen molar-refractivity contribution in [2.45, 2.75) is 94.8 Å². The molecule has 0 saturated heterocycles. The summed E-state index contributed by atoms with van der Waals surface area (Å²) in [5, 5.41) is 12.2. The summed E-state index contributed by atoms with van der Waals surface area (Å²) in [6.07, 6.45) is 15.9. The van der Waals surface area contributed by atoms with Crippen molar-refractivity contribution in [3.8, 4) is 5.75 Å². The summed E-state index contributed by atoms with van der Waals surface area (Å²) in [5.41, 5.74) is 1.09. The van der Waals surface area contributed by atoms with E-state index in [1.807, 2.05) is 17.8 Å². The van der Waals surface area contributed by atoms with Crippen molar-refractivity contribution in [3.05, 3.63) is 23.8 Å². The summed E-state index contributed by atoms with van der Waals surface area (Å²) >= 11 is 1.94. The van der Waals surface area contributed by atoms with E-state index in [0.29, 0.717) is 5.92 Å². The van der Waals surface area contributed by atoms with Crippen LogP contribution in [-0.2, 0) is 5.11 Å². The van der Waals surface area contributed by atoms with Crippen LogP contribution >= 0.6 is 11.8 Å². The van der Waals surface area contributed by atoms with Gasteiger partial charge in [0.25, 0.3) is 0 Å². The third-order valence-electron chi connectivity index (χ3n) is 5.04. The Morgan fingerprint density at radius 3 is 2.39 bits per heavy atom. The second-order valence-electron chi connectivity index (χ2n) is 7.00. The van der Waals surface area contributed by atoms with Gasteiger partial charge >= 0.3 is 0 Å². The molecule has 1 aliphatic rings. The van der Waals surface area contributed by atoms with Gasteiger partial charge in [0.2, 0.25) is 0 Å². The van der Waals surface area contributed by atoms with E-state index in [4.69, 9.17) is 0 Å². The molecule has 23 heavy (non-hydrogen) atoms. The van der Waals surface area contributed by atoms with E-state index in [0.717, 1.165) is 5.56 Å². The van der Waals surface area contributed by atoms with Gasteiger partial charge in [0.15, 0.2) is 5.75 Å². The average Bonchev–Trinajstić information content (AvgIpc) is 2.59. The number of unbranched alkanes of at least 4 members (excludes halogenated alkanes) is 6. The van der Waals surface area contributed by atoms with Crippen LogP contribution in [0.5, 0.6) is 5.75 Å². The third-order valence-corrected chi connectivity index (χ3v) is 6.12. The molecule has 0 bridgehead atoms. The van der Waals surface area contributed by atoms with Crippen molar-refractivity contribution >= 4 is 11.8 Å². The Balaban J connectivity index is 1.71. The first-order chi connectivity index (χ1) is 11.3. The summed E-state index contributed by atoms with van der Waals surface area (Å²) in [5.74, 6) is 1.98. The largest absolute Gasteiger partial charge is 0.290 e. The Kier molecular flexibility index (Phi) is 8.96. The molecule has 2 rings (SSSR count). The highest BCUT2D eigenvalue weighted by Crippen LogP contribution is 2.39. The molecule has 0 N–H and O–H groups in total. The van der Waals surface area contributed by atoms with Gasteiger partial charge in [-0.15, -0.1) is 11.8 Å². The van der Waals surface area contributed by atoms with E-state index in [9.17, 15) is 5.11 Å². The van der Waals surface area contributed by atoms with Crippen LogP contribution in [0.1, 0.15) is 95.5 Å². The fraction of sp³-hybridized carbons (Fsp3) is 0.714. The molecule has 1 nitrogen and oxygen atoms in total. The second kappa shape index (κ2) is 11.0. The lowest BCUT2D eigenvalue weighted by Crippen LogP contribution is -2.04. The van der Waals surface area contributed by atoms with Crippen LogP contribution in [0, 0.1) is 0 Å². The van der Waals surface area contributed by atoms with Gasteiger partial charge in [0.05, 0.1) is 0 Å². The minimum atomic E-state index is 0.261. The van der Waals surface area contributed by atoms with Crippen molar-refractivity contribution in [3.63, 3.8) is 0 Å². The van der Waals surface area contributed by atoms with Gasteiger partial charge in [-0.3, -0.25) is 5.11 Å². The molecule has 0 aliphatic heterocycles.